The first-order chi connectivity index (χ1) is 12.7. The molecule has 1 fully saturated rings. The van der Waals surface area contributed by atoms with E-state index in [0.717, 1.165) is 11.4 Å². The summed E-state index contributed by atoms with van der Waals surface area (Å²) in [6.07, 6.45) is 2.63. The van der Waals surface area contributed by atoms with Crippen molar-refractivity contribution >= 4 is 17.5 Å². The molecule has 0 aliphatic carbocycles. The minimum atomic E-state index is -0.914. The second-order valence-corrected chi connectivity index (χ2v) is 7.50. The van der Waals surface area contributed by atoms with Gasteiger partial charge in [-0.05, 0) is 18.6 Å². The van der Waals surface area contributed by atoms with E-state index in [1.165, 1.54) is 6.42 Å². The van der Waals surface area contributed by atoms with E-state index < -0.39 is 16.9 Å². The second-order valence-electron chi connectivity index (χ2n) is 7.50. The summed E-state index contributed by atoms with van der Waals surface area (Å²) in [6, 6.07) is 10.0. The fourth-order valence-corrected chi connectivity index (χ4v) is 3.02. The maximum absolute atomic E-state index is 12.3. The summed E-state index contributed by atoms with van der Waals surface area (Å²) in [5, 5.41) is 12.5. The minimum Gasteiger partial charge on any atom is -0.495 e. The number of hydrogen-bond donors (Lipinski definition) is 2. The molecule has 0 bridgehead atoms. The number of carbonyl (C=O) groups is 2. The molecule has 1 aromatic carbocycles. The van der Waals surface area contributed by atoms with Crippen LogP contribution in [0.25, 0.3) is 0 Å². The van der Waals surface area contributed by atoms with Crippen molar-refractivity contribution in [1.29, 1.82) is 5.26 Å². The Morgan fingerprint density at radius 2 is 2.00 bits per heavy atom. The van der Waals surface area contributed by atoms with Crippen LogP contribution in [-0.2, 0) is 9.59 Å². The summed E-state index contributed by atoms with van der Waals surface area (Å²) in [5.74, 6) is -0.0312. The van der Waals surface area contributed by atoms with Gasteiger partial charge in [-0.1, -0.05) is 26.0 Å². The van der Waals surface area contributed by atoms with Crippen molar-refractivity contribution in [2.45, 2.75) is 38.6 Å². The molecule has 1 heterocycles. The van der Waals surface area contributed by atoms with Crippen molar-refractivity contribution < 1.29 is 14.3 Å². The van der Waals surface area contributed by atoms with Gasteiger partial charge in [0.05, 0.1) is 25.3 Å². The zero-order valence-corrected chi connectivity index (χ0v) is 16.1. The van der Waals surface area contributed by atoms with Gasteiger partial charge in [-0.25, -0.2) is 0 Å². The molecule has 3 N–H and O–H groups in total. The molecule has 0 spiro atoms. The van der Waals surface area contributed by atoms with Gasteiger partial charge in [-0.2, -0.15) is 5.26 Å². The normalized spacial score (nSPS) is 16.3. The Kier molecular flexibility index (Phi) is 6.32. The lowest BCUT2D eigenvalue weighted by atomic mass is 9.85. The van der Waals surface area contributed by atoms with E-state index in [1.807, 2.05) is 24.3 Å². The predicted octanol–water partition coefficient (Wildman–Crippen LogP) is 1.78. The summed E-state index contributed by atoms with van der Waals surface area (Å²) in [7, 11) is 1.63. The highest BCUT2D eigenvalue weighted by molar-refractivity contribution is 5.87. The van der Waals surface area contributed by atoms with E-state index in [0.29, 0.717) is 25.9 Å². The molecule has 145 valence electrons. The summed E-state index contributed by atoms with van der Waals surface area (Å²) >= 11 is 0. The molecule has 2 rings (SSSR count). The van der Waals surface area contributed by atoms with Crippen LogP contribution < -0.4 is 20.7 Å². The Labute approximate surface area is 160 Å². The van der Waals surface area contributed by atoms with Gasteiger partial charge in [0.15, 0.2) is 0 Å². The molecule has 7 heteroatoms. The number of anilines is 1. The molecule has 1 radical (unpaired) electrons. The lowest BCUT2D eigenvalue weighted by Gasteiger charge is -2.39. The molecular weight excluding hydrogens is 344 g/mol. The first-order valence-corrected chi connectivity index (χ1v) is 8.97. The number of nitriles is 1. The Morgan fingerprint density at radius 3 is 2.56 bits per heavy atom. The highest BCUT2D eigenvalue weighted by Crippen LogP contribution is 2.32. The maximum atomic E-state index is 12.3. The summed E-state index contributed by atoms with van der Waals surface area (Å²) in [5.41, 5.74) is 4.59. The highest BCUT2D eigenvalue weighted by Gasteiger charge is 2.37. The SMILES string of the molecule is COc1ccccc1N1CCC(C#N)(NC(=O)[CH]CC(C)(C)C(N)=O)CC1. The fourth-order valence-electron chi connectivity index (χ4n) is 3.02. The third-order valence-corrected chi connectivity index (χ3v) is 5.08. The average Bonchev–Trinajstić information content (AvgIpc) is 2.67. The largest absolute Gasteiger partial charge is 0.495 e. The van der Waals surface area contributed by atoms with E-state index in [1.54, 1.807) is 21.0 Å². The molecule has 27 heavy (non-hydrogen) atoms. The number of amides is 2. The molecule has 0 atom stereocenters. The Morgan fingerprint density at radius 1 is 1.37 bits per heavy atom. The van der Waals surface area contributed by atoms with E-state index in [4.69, 9.17) is 10.5 Å². The van der Waals surface area contributed by atoms with Crippen LogP contribution in [0.3, 0.4) is 0 Å². The Bertz CT molecular complexity index is 731. The molecule has 7 nitrogen and oxygen atoms in total. The van der Waals surface area contributed by atoms with Crippen LogP contribution in [0, 0.1) is 23.2 Å². The predicted molar refractivity (Wildman–Crippen MR) is 103 cm³/mol. The maximum Gasteiger partial charge on any atom is 0.225 e. The van der Waals surface area contributed by atoms with Crippen LogP contribution in [0.5, 0.6) is 5.75 Å². The average molecular weight is 371 g/mol. The number of para-hydroxylation sites is 2. The van der Waals surface area contributed by atoms with Crippen LogP contribution >= 0.6 is 0 Å². The van der Waals surface area contributed by atoms with Gasteiger partial charge in [-0.3, -0.25) is 9.59 Å². The van der Waals surface area contributed by atoms with E-state index in [-0.39, 0.29) is 12.3 Å². The van der Waals surface area contributed by atoms with E-state index in [9.17, 15) is 14.9 Å². The molecular formula is C20H27N4O3. The lowest BCUT2D eigenvalue weighted by molar-refractivity contribution is -0.126. The van der Waals surface area contributed by atoms with Gasteiger partial charge in [0, 0.05) is 31.3 Å². The zero-order valence-electron chi connectivity index (χ0n) is 16.1. The van der Waals surface area contributed by atoms with Crippen LogP contribution in [0.2, 0.25) is 0 Å². The van der Waals surface area contributed by atoms with Gasteiger partial charge in [0.2, 0.25) is 11.8 Å². The smallest absolute Gasteiger partial charge is 0.225 e. The Hall–Kier alpha value is -2.75. The summed E-state index contributed by atoms with van der Waals surface area (Å²) in [6.45, 7) is 4.62. The lowest BCUT2D eigenvalue weighted by Crippen LogP contribution is -2.54. The van der Waals surface area contributed by atoms with Gasteiger partial charge in [0.25, 0.3) is 0 Å². The highest BCUT2D eigenvalue weighted by atomic mass is 16.5. The number of rotatable bonds is 7. The molecule has 1 aliphatic rings. The first kappa shape index (κ1) is 20.6. The number of benzene rings is 1. The first-order valence-electron chi connectivity index (χ1n) is 8.97. The third-order valence-electron chi connectivity index (χ3n) is 5.08. The molecule has 2 amide bonds. The van der Waals surface area contributed by atoms with E-state index in [2.05, 4.69) is 16.3 Å². The van der Waals surface area contributed by atoms with Crippen molar-refractivity contribution in [3.05, 3.63) is 30.7 Å². The molecule has 1 aromatic rings. The van der Waals surface area contributed by atoms with Crippen molar-refractivity contribution in [3.8, 4) is 11.8 Å². The van der Waals surface area contributed by atoms with Crippen molar-refractivity contribution in [2.24, 2.45) is 11.1 Å². The summed E-state index contributed by atoms with van der Waals surface area (Å²) in [4.78, 5) is 25.8. The second kappa shape index (κ2) is 8.30. The number of nitrogens with zero attached hydrogens (tertiary/aromatic N) is 2. The van der Waals surface area contributed by atoms with Crippen LogP contribution in [0.4, 0.5) is 5.69 Å². The number of carbonyl (C=O) groups excluding carboxylic acids is 2. The van der Waals surface area contributed by atoms with Gasteiger partial charge in [-0.15, -0.1) is 0 Å². The van der Waals surface area contributed by atoms with Gasteiger partial charge >= 0.3 is 0 Å². The number of piperidine rings is 1. The monoisotopic (exact) mass is 371 g/mol. The van der Waals surface area contributed by atoms with Crippen LogP contribution in [-0.4, -0.2) is 37.6 Å². The van der Waals surface area contributed by atoms with Crippen molar-refractivity contribution in [2.75, 3.05) is 25.1 Å². The number of primary amides is 1. The number of methoxy groups -OCH3 is 1. The molecule has 0 saturated carbocycles. The standard InChI is InChI=1S/C20H27N4O3/c1-19(2,18(22)26)9-8-17(25)23-20(14-21)10-12-24(13-11-20)15-6-4-5-7-16(15)27-3/h4-8H,9-13H2,1-3H3,(H2,22,26)(H,23,25). The van der Waals surface area contributed by atoms with Gasteiger partial charge < -0.3 is 20.7 Å². The molecule has 0 unspecified atom stereocenters. The molecule has 1 saturated heterocycles. The topological polar surface area (TPSA) is 108 Å². The molecule has 1 aliphatic heterocycles. The third kappa shape index (κ3) is 4.91. The van der Waals surface area contributed by atoms with Crippen LogP contribution in [0.1, 0.15) is 33.1 Å². The quantitative estimate of drug-likeness (QED) is 0.759. The van der Waals surface area contributed by atoms with Crippen LogP contribution in [0.15, 0.2) is 24.3 Å². The van der Waals surface area contributed by atoms with Crippen molar-refractivity contribution in [1.82, 2.24) is 5.32 Å². The van der Waals surface area contributed by atoms with Gasteiger partial charge in [0.1, 0.15) is 11.3 Å². The fraction of sp³-hybridized carbons (Fsp3) is 0.500. The van der Waals surface area contributed by atoms with Crippen molar-refractivity contribution in [3.63, 3.8) is 0 Å². The zero-order chi connectivity index (χ0) is 20.1. The number of nitrogens with one attached hydrogen (secondary N) is 1. The number of hydrogen-bond acceptors (Lipinski definition) is 5. The summed E-state index contributed by atoms with van der Waals surface area (Å²) < 4.78 is 5.41. The number of nitrogens with two attached hydrogens (primary N) is 1. The number of ether oxygens (including phenoxy) is 1. The Balaban J connectivity index is 1.97. The van der Waals surface area contributed by atoms with E-state index >= 15 is 0 Å². The minimum absolute atomic E-state index is 0.225. The molecule has 0 aromatic heterocycles.